The molecule has 0 aliphatic carbocycles. The Balaban J connectivity index is 2.80. The largest absolute Gasteiger partial charge is 0.478 e. The van der Waals surface area contributed by atoms with Gasteiger partial charge in [-0.2, -0.15) is 0 Å². The number of carboxylic acids is 1. The van der Waals surface area contributed by atoms with Crippen LogP contribution in [-0.4, -0.2) is 26.5 Å². The van der Waals surface area contributed by atoms with Gasteiger partial charge >= 0.3 is 5.97 Å². The highest BCUT2D eigenvalue weighted by molar-refractivity contribution is 7.89. The van der Waals surface area contributed by atoms with Gasteiger partial charge in [0.05, 0.1) is 11.3 Å². The Morgan fingerprint density at radius 2 is 1.92 bits per heavy atom. The van der Waals surface area contributed by atoms with Crippen LogP contribution in [0.2, 0.25) is 0 Å². The molecule has 4 N–H and O–H groups in total. The highest BCUT2D eigenvalue weighted by Crippen LogP contribution is 2.39. The van der Waals surface area contributed by atoms with Crippen LogP contribution in [0.4, 0.5) is 5.69 Å². The zero-order chi connectivity index (χ0) is 19.3. The number of carboxylic acid groups (broad SMARTS) is 1. The topological polar surface area (TPSA) is 119 Å². The first-order valence-corrected chi connectivity index (χ1v) is 9.70. The number of anilines is 1. The lowest BCUT2D eigenvalue weighted by atomic mass is 10.0. The second-order valence-corrected chi connectivity index (χ2v) is 7.25. The SMILES string of the molecule is CCCCc1c(NC)c(C(=O)O)cc(S(N)(=O)=O)c1Oc1ccccc1. The summed E-state index contributed by atoms with van der Waals surface area (Å²) in [5.74, 6) is -0.759. The number of hydrogen-bond donors (Lipinski definition) is 3. The van der Waals surface area contributed by atoms with Gasteiger partial charge in [0.15, 0.2) is 5.75 Å². The average Bonchev–Trinajstić information content (AvgIpc) is 2.59. The van der Waals surface area contributed by atoms with Crippen LogP contribution in [0, 0.1) is 0 Å². The van der Waals surface area contributed by atoms with Gasteiger partial charge in [-0.15, -0.1) is 0 Å². The van der Waals surface area contributed by atoms with E-state index in [9.17, 15) is 18.3 Å². The number of aromatic carboxylic acids is 1. The summed E-state index contributed by atoms with van der Waals surface area (Å²) in [7, 11) is -2.61. The molecule has 0 aromatic heterocycles. The molecular weight excluding hydrogens is 356 g/mol. The lowest BCUT2D eigenvalue weighted by Gasteiger charge is -2.20. The van der Waals surface area contributed by atoms with Crippen molar-refractivity contribution >= 4 is 21.7 Å². The molecule has 7 nitrogen and oxygen atoms in total. The van der Waals surface area contributed by atoms with Crippen LogP contribution in [0.5, 0.6) is 11.5 Å². The second kappa shape index (κ2) is 8.20. The molecule has 0 unspecified atom stereocenters. The maximum atomic E-state index is 12.1. The van der Waals surface area contributed by atoms with E-state index in [-0.39, 0.29) is 16.2 Å². The summed E-state index contributed by atoms with van der Waals surface area (Å²) in [6, 6.07) is 9.71. The van der Waals surface area contributed by atoms with E-state index >= 15 is 0 Å². The average molecular weight is 378 g/mol. The smallest absolute Gasteiger partial charge is 0.337 e. The highest BCUT2D eigenvalue weighted by atomic mass is 32.2. The molecule has 0 aliphatic heterocycles. The van der Waals surface area contributed by atoms with Crippen molar-refractivity contribution in [2.24, 2.45) is 5.14 Å². The summed E-state index contributed by atoms with van der Waals surface area (Å²) in [6.45, 7) is 1.98. The molecule has 8 heteroatoms. The zero-order valence-electron chi connectivity index (χ0n) is 14.7. The van der Waals surface area contributed by atoms with Crippen LogP contribution in [0.15, 0.2) is 41.3 Å². The van der Waals surface area contributed by atoms with Gasteiger partial charge in [0.25, 0.3) is 0 Å². The van der Waals surface area contributed by atoms with Crippen molar-refractivity contribution in [3.8, 4) is 11.5 Å². The molecule has 2 aromatic rings. The lowest BCUT2D eigenvalue weighted by Crippen LogP contribution is -2.17. The Labute approximate surface area is 152 Å². The summed E-state index contributed by atoms with van der Waals surface area (Å²) >= 11 is 0. The normalized spacial score (nSPS) is 11.2. The number of carbonyl (C=O) groups is 1. The molecule has 0 amide bonds. The van der Waals surface area contributed by atoms with Crippen molar-refractivity contribution in [1.82, 2.24) is 0 Å². The molecule has 0 radical (unpaired) electrons. The number of hydrogen-bond acceptors (Lipinski definition) is 5. The molecule has 0 heterocycles. The van der Waals surface area contributed by atoms with Gasteiger partial charge < -0.3 is 15.2 Å². The minimum absolute atomic E-state index is 0.0569. The molecule has 0 fully saturated rings. The molecular formula is C18H22N2O5S. The third-order valence-corrected chi connectivity index (χ3v) is 4.79. The first-order valence-electron chi connectivity index (χ1n) is 8.16. The Morgan fingerprint density at radius 3 is 2.42 bits per heavy atom. The van der Waals surface area contributed by atoms with Crippen molar-refractivity contribution in [3.05, 3.63) is 47.5 Å². The second-order valence-electron chi connectivity index (χ2n) is 5.72. The van der Waals surface area contributed by atoms with Gasteiger partial charge in [-0.3, -0.25) is 0 Å². The maximum absolute atomic E-state index is 12.1. The summed E-state index contributed by atoms with van der Waals surface area (Å²) in [5.41, 5.74) is 0.634. The fraction of sp³-hybridized carbons (Fsp3) is 0.278. The van der Waals surface area contributed by atoms with Gasteiger partial charge in [-0.05, 0) is 31.0 Å². The Morgan fingerprint density at radius 1 is 1.27 bits per heavy atom. The van der Waals surface area contributed by atoms with Crippen LogP contribution in [0.1, 0.15) is 35.7 Å². The van der Waals surface area contributed by atoms with Crippen LogP contribution in [-0.2, 0) is 16.4 Å². The van der Waals surface area contributed by atoms with Crippen LogP contribution >= 0.6 is 0 Å². The van der Waals surface area contributed by atoms with Gasteiger partial charge in [0, 0.05) is 12.6 Å². The lowest BCUT2D eigenvalue weighted by molar-refractivity contribution is 0.0697. The van der Waals surface area contributed by atoms with Crippen molar-refractivity contribution in [2.75, 3.05) is 12.4 Å². The third kappa shape index (κ3) is 4.33. The predicted molar refractivity (Wildman–Crippen MR) is 99.4 cm³/mol. The number of nitrogens with two attached hydrogens (primary N) is 1. The fourth-order valence-corrected chi connectivity index (χ4v) is 3.37. The summed E-state index contributed by atoms with van der Waals surface area (Å²) in [5, 5.41) is 17.7. The highest BCUT2D eigenvalue weighted by Gasteiger charge is 2.27. The maximum Gasteiger partial charge on any atom is 0.337 e. The number of primary sulfonamides is 1. The monoisotopic (exact) mass is 378 g/mol. The molecule has 0 saturated heterocycles. The Kier molecular flexibility index (Phi) is 6.23. The minimum atomic E-state index is -4.20. The molecule has 0 atom stereocenters. The van der Waals surface area contributed by atoms with E-state index in [4.69, 9.17) is 9.88 Å². The van der Waals surface area contributed by atoms with Crippen LogP contribution < -0.4 is 15.2 Å². The molecule has 2 rings (SSSR count). The fourth-order valence-electron chi connectivity index (χ4n) is 2.67. The van der Waals surface area contributed by atoms with E-state index in [0.717, 1.165) is 18.9 Å². The first kappa shape index (κ1) is 19.7. The van der Waals surface area contributed by atoms with E-state index in [0.29, 0.717) is 23.4 Å². The number of ether oxygens (including phenoxy) is 1. The van der Waals surface area contributed by atoms with E-state index in [1.807, 2.05) is 6.92 Å². The molecule has 140 valence electrons. The Hall–Kier alpha value is -2.58. The van der Waals surface area contributed by atoms with Gasteiger partial charge in [0.2, 0.25) is 10.0 Å². The molecule has 0 saturated carbocycles. The number of sulfonamides is 1. The standard InChI is InChI=1S/C18H22N2O5S/c1-3-4-10-13-16(20-2)14(18(21)22)11-15(26(19,23)24)17(13)25-12-8-6-5-7-9-12/h5-9,11,20H,3-4,10H2,1-2H3,(H,21,22)(H2,19,23,24). The summed E-state index contributed by atoms with van der Waals surface area (Å²) in [4.78, 5) is 11.3. The number of rotatable bonds is 8. The molecule has 2 aromatic carbocycles. The van der Waals surface area contributed by atoms with Crippen LogP contribution in [0.3, 0.4) is 0 Å². The van der Waals surface area contributed by atoms with Gasteiger partial charge in [-0.1, -0.05) is 31.5 Å². The first-order chi connectivity index (χ1) is 12.3. The van der Waals surface area contributed by atoms with Crippen molar-refractivity contribution < 1.29 is 23.1 Å². The Bertz CT molecular complexity index is 896. The molecule has 0 bridgehead atoms. The van der Waals surface area contributed by atoms with E-state index in [2.05, 4.69) is 5.32 Å². The number of benzene rings is 2. The molecule has 0 spiro atoms. The summed E-state index contributed by atoms with van der Waals surface area (Å²) in [6.07, 6.45) is 2.02. The van der Waals surface area contributed by atoms with Crippen LogP contribution in [0.25, 0.3) is 0 Å². The minimum Gasteiger partial charge on any atom is -0.478 e. The van der Waals surface area contributed by atoms with Crippen molar-refractivity contribution in [3.63, 3.8) is 0 Å². The quantitative estimate of drug-likeness (QED) is 0.649. The van der Waals surface area contributed by atoms with E-state index in [1.165, 1.54) is 0 Å². The number of para-hydroxylation sites is 1. The third-order valence-electron chi connectivity index (χ3n) is 3.87. The zero-order valence-corrected chi connectivity index (χ0v) is 15.5. The molecule has 0 aliphatic rings. The van der Waals surface area contributed by atoms with Crippen molar-refractivity contribution in [1.29, 1.82) is 0 Å². The molecule has 26 heavy (non-hydrogen) atoms. The predicted octanol–water partition coefficient (Wildman–Crippen LogP) is 3.21. The van der Waals surface area contributed by atoms with E-state index in [1.54, 1.807) is 37.4 Å². The number of unbranched alkanes of at least 4 members (excludes halogenated alkanes) is 1. The van der Waals surface area contributed by atoms with Gasteiger partial charge in [0.1, 0.15) is 10.6 Å². The number of nitrogens with one attached hydrogen (secondary N) is 1. The van der Waals surface area contributed by atoms with E-state index < -0.39 is 16.0 Å². The van der Waals surface area contributed by atoms with Gasteiger partial charge in [-0.25, -0.2) is 18.4 Å². The summed E-state index contributed by atoms with van der Waals surface area (Å²) < 4.78 is 30.1. The van der Waals surface area contributed by atoms with Crippen molar-refractivity contribution in [2.45, 2.75) is 31.1 Å².